The number of carbonyl (C=O) groups excluding carboxylic acids is 1. The summed E-state index contributed by atoms with van der Waals surface area (Å²) in [4.78, 5) is 20.7. The summed E-state index contributed by atoms with van der Waals surface area (Å²) in [5.74, 6) is -0.651. The third-order valence-corrected chi connectivity index (χ3v) is 5.56. The Morgan fingerprint density at radius 1 is 1.26 bits per heavy atom. The molecule has 4 rings (SSSR count). The number of likely N-dealkylation sites (tertiary alicyclic amines) is 1. The number of nitrogens with zero attached hydrogens (tertiary/aromatic N) is 6. The monoisotopic (exact) mass is 420 g/mol. The largest absolute Gasteiger partial charge is 0.493 e. The Morgan fingerprint density at radius 2 is 2.00 bits per heavy atom. The Labute approximate surface area is 178 Å². The smallest absolute Gasteiger partial charge is 0.255 e. The quantitative estimate of drug-likeness (QED) is 0.696. The minimum atomic E-state index is -0.668. The van der Waals surface area contributed by atoms with Gasteiger partial charge in [0.15, 0.2) is 5.82 Å². The van der Waals surface area contributed by atoms with Crippen LogP contribution in [0.1, 0.15) is 21.5 Å². The molecule has 0 atom stereocenters. The molecular weight excluding hydrogens is 399 g/mol. The molecule has 0 spiro atoms. The Kier molecular flexibility index (Phi) is 5.17. The lowest BCUT2D eigenvalue weighted by Crippen LogP contribution is -2.59. The number of hydrogen-bond donors (Lipinski definition) is 1. The van der Waals surface area contributed by atoms with Crippen molar-refractivity contribution in [1.82, 2.24) is 24.6 Å². The first-order valence-electron chi connectivity index (χ1n) is 9.70. The van der Waals surface area contributed by atoms with Crippen molar-refractivity contribution in [3.63, 3.8) is 0 Å². The molecule has 1 saturated heterocycles. The summed E-state index contributed by atoms with van der Waals surface area (Å²) in [5.41, 5.74) is 1.78. The van der Waals surface area contributed by atoms with Crippen LogP contribution >= 0.6 is 0 Å². The molecule has 1 aliphatic rings. The summed E-state index contributed by atoms with van der Waals surface area (Å²) in [7, 11) is 3.98. The number of benzene rings is 1. The third kappa shape index (κ3) is 3.62. The highest BCUT2D eigenvalue weighted by Crippen LogP contribution is 2.34. The van der Waals surface area contributed by atoms with Gasteiger partial charge in [-0.05, 0) is 56.4 Å². The number of likely N-dealkylation sites (N-methyl/N-ethyl adjacent to an activating group) is 1. The molecule has 1 aromatic carbocycles. The van der Waals surface area contributed by atoms with Crippen molar-refractivity contribution in [2.24, 2.45) is 0 Å². The summed E-state index contributed by atoms with van der Waals surface area (Å²) < 4.78 is 15.3. The first kappa shape index (κ1) is 20.5. The fourth-order valence-corrected chi connectivity index (χ4v) is 3.53. The molecule has 0 unspecified atom stereocenters. The first-order valence-corrected chi connectivity index (χ1v) is 9.70. The minimum absolute atomic E-state index is 0.0610. The van der Waals surface area contributed by atoms with E-state index in [4.69, 9.17) is 5.26 Å². The van der Waals surface area contributed by atoms with Gasteiger partial charge in [-0.25, -0.2) is 9.37 Å². The molecule has 0 aliphatic carbocycles. The zero-order valence-electron chi connectivity index (χ0n) is 17.4. The second kappa shape index (κ2) is 7.81. The molecule has 1 N–H and O–H groups in total. The predicted octanol–water partition coefficient (Wildman–Crippen LogP) is 2.35. The maximum Gasteiger partial charge on any atom is 0.255 e. The van der Waals surface area contributed by atoms with Crippen molar-refractivity contribution < 1.29 is 14.3 Å². The van der Waals surface area contributed by atoms with Gasteiger partial charge in [0, 0.05) is 25.3 Å². The van der Waals surface area contributed by atoms with Crippen LogP contribution in [0.25, 0.3) is 16.9 Å². The van der Waals surface area contributed by atoms with Gasteiger partial charge in [0.25, 0.3) is 5.91 Å². The molecule has 3 heterocycles. The average Bonchev–Trinajstić information content (AvgIpc) is 3.09. The summed E-state index contributed by atoms with van der Waals surface area (Å²) >= 11 is 0. The van der Waals surface area contributed by atoms with E-state index in [1.165, 1.54) is 29.2 Å². The number of aryl methyl sites for hydroxylation is 1. The van der Waals surface area contributed by atoms with Gasteiger partial charge >= 0.3 is 0 Å². The molecule has 31 heavy (non-hydrogen) atoms. The molecule has 8 nitrogen and oxygen atoms in total. The van der Waals surface area contributed by atoms with E-state index in [2.05, 4.69) is 15.0 Å². The van der Waals surface area contributed by atoms with Crippen molar-refractivity contribution in [2.75, 3.05) is 27.2 Å². The van der Waals surface area contributed by atoms with Crippen LogP contribution < -0.4 is 0 Å². The second-order valence-corrected chi connectivity index (χ2v) is 7.79. The summed E-state index contributed by atoms with van der Waals surface area (Å²) in [6.45, 7) is 3.08. The van der Waals surface area contributed by atoms with Crippen LogP contribution in [0.4, 0.5) is 4.39 Å². The number of hydrogen-bond acceptors (Lipinski definition) is 6. The summed E-state index contributed by atoms with van der Waals surface area (Å²) in [6, 6.07) is 8.03. The normalized spacial score (nSPS) is 13.9. The number of pyridine rings is 1. The van der Waals surface area contributed by atoms with Gasteiger partial charge < -0.3 is 14.9 Å². The molecule has 0 radical (unpaired) electrons. The molecule has 9 heteroatoms. The SMILES string of the molecule is Cc1cc(C#N)c(F)cc1-c1cnn(-c2ccc(C(=O)N3CC(N(C)C)C3)cn2)c1O. The average molecular weight is 420 g/mol. The Bertz CT molecular complexity index is 1190. The lowest BCUT2D eigenvalue weighted by molar-refractivity contribution is 0.0399. The fraction of sp³-hybridized carbons (Fsp3) is 0.273. The molecule has 2 aromatic heterocycles. The first-order chi connectivity index (χ1) is 14.8. The van der Waals surface area contributed by atoms with E-state index in [1.54, 1.807) is 30.0 Å². The van der Waals surface area contributed by atoms with Crippen molar-refractivity contribution in [1.29, 1.82) is 5.26 Å². The van der Waals surface area contributed by atoms with Crippen molar-refractivity contribution >= 4 is 5.91 Å². The van der Waals surface area contributed by atoms with Crippen LogP contribution in [0.15, 0.2) is 36.7 Å². The van der Waals surface area contributed by atoms with E-state index in [0.717, 1.165) is 0 Å². The van der Waals surface area contributed by atoms with Gasteiger partial charge in [-0.2, -0.15) is 15.0 Å². The highest BCUT2D eigenvalue weighted by molar-refractivity contribution is 5.94. The van der Waals surface area contributed by atoms with Gasteiger partial charge in [0.05, 0.1) is 22.9 Å². The van der Waals surface area contributed by atoms with E-state index in [9.17, 15) is 14.3 Å². The fourth-order valence-electron chi connectivity index (χ4n) is 3.53. The Hall–Kier alpha value is -3.77. The van der Waals surface area contributed by atoms with Crippen molar-refractivity contribution in [3.05, 3.63) is 59.2 Å². The molecule has 1 amide bonds. The number of halogens is 1. The number of aromatic nitrogens is 3. The molecule has 3 aromatic rings. The van der Waals surface area contributed by atoms with Crippen LogP contribution in [0.5, 0.6) is 5.88 Å². The zero-order chi connectivity index (χ0) is 22.3. The van der Waals surface area contributed by atoms with Gasteiger partial charge in [0.2, 0.25) is 5.88 Å². The Balaban J connectivity index is 1.57. The topological polar surface area (TPSA) is 98.3 Å². The van der Waals surface area contributed by atoms with Gasteiger partial charge in [-0.1, -0.05) is 0 Å². The lowest BCUT2D eigenvalue weighted by Gasteiger charge is -2.42. The van der Waals surface area contributed by atoms with E-state index in [1.807, 2.05) is 14.1 Å². The van der Waals surface area contributed by atoms with E-state index in [-0.39, 0.29) is 17.4 Å². The van der Waals surface area contributed by atoms with Crippen LogP contribution in [0, 0.1) is 24.1 Å². The molecule has 1 aliphatic heterocycles. The third-order valence-electron chi connectivity index (χ3n) is 5.56. The number of carbonyl (C=O) groups is 1. The number of amides is 1. The van der Waals surface area contributed by atoms with E-state index >= 15 is 0 Å². The molecule has 0 bridgehead atoms. The Morgan fingerprint density at radius 3 is 2.61 bits per heavy atom. The lowest BCUT2D eigenvalue weighted by atomic mass is 10.0. The van der Waals surface area contributed by atoms with Crippen LogP contribution in [-0.4, -0.2) is 68.8 Å². The number of rotatable bonds is 4. The summed E-state index contributed by atoms with van der Waals surface area (Å²) in [6.07, 6.45) is 2.86. The highest BCUT2D eigenvalue weighted by Gasteiger charge is 2.32. The van der Waals surface area contributed by atoms with Crippen LogP contribution in [0.2, 0.25) is 0 Å². The molecule has 0 saturated carbocycles. The maximum absolute atomic E-state index is 14.1. The highest BCUT2D eigenvalue weighted by atomic mass is 19.1. The van der Waals surface area contributed by atoms with Gasteiger partial charge in [-0.15, -0.1) is 0 Å². The molecule has 158 valence electrons. The van der Waals surface area contributed by atoms with Crippen LogP contribution in [-0.2, 0) is 0 Å². The van der Waals surface area contributed by atoms with Crippen molar-refractivity contribution in [3.8, 4) is 28.9 Å². The van der Waals surface area contributed by atoms with E-state index in [0.29, 0.717) is 47.2 Å². The molecular formula is C22H21FN6O2. The van der Waals surface area contributed by atoms with E-state index < -0.39 is 5.82 Å². The van der Waals surface area contributed by atoms with Crippen molar-refractivity contribution in [2.45, 2.75) is 13.0 Å². The maximum atomic E-state index is 14.1. The van der Waals surface area contributed by atoms with Gasteiger partial charge in [0.1, 0.15) is 11.9 Å². The minimum Gasteiger partial charge on any atom is -0.493 e. The summed E-state index contributed by atoms with van der Waals surface area (Å²) in [5, 5.41) is 23.8. The zero-order valence-corrected chi connectivity index (χ0v) is 17.4. The number of nitriles is 1. The van der Waals surface area contributed by atoms with Gasteiger partial charge in [-0.3, -0.25) is 4.79 Å². The second-order valence-electron chi connectivity index (χ2n) is 7.79. The molecule has 1 fully saturated rings. The predicted molar refractivity (Wildman–Crippen MR) is 111 cm³/mol. The number of aromatic hydroxyl groups is 1. The van der Waals surface area contributed by atoms with Crippen LogP contribution in [0.3, 0.4) is 0 Å². The standard InChI is InChI=1S/C22H21FN6O2/c1-13-6-15(8-24)19(23)7-17(13)18-10-26-29(22(18)31)20-5-4-14(9-25-20)21(30)28-11-16(12-28)27(2)3/h4-7,9-10,16,31H,11-12H2,1-3H3.